The molecule has 0 spiro atoms. The van der Waals surface area contributed by atoms with Crippen LogP contribution in [0, 0.1) is 0 Å². The van der Waals surface area contributed by atoms with Crippen LogP contribution in [0.5, 0.6) is 5.75 Å². The third-order valence-electron chi connectivity index (χ3n) is 2.49. The van der Waals surface area contributed by atoms with E-state index in [1.807, 2.05) is 6.92 Å². The van der Waals surface area contributed by atoms with Crippen LogP contribution >= 0.6 is 34.8 Å². The van der Waals surface area contributed by atoms with Gasteiger partial charge in [-0.05, 0) is 18.6 Å². The number of hydrogen-bond donors (Lipinski definition) is 2. The molecule has 0 aliphatic carbocycles. The third kappa shape index (κ3) is 6.72. The van der Waals surface area contributed by atoms with Gasteiger partial charge in [0.15, 0.2) is 5.75 Å². The van der Waals surface area contributed by atoms with Gasteiger partial charge in [0.2, 0.25) is 6.41 Å². The first-order chi connectivity index (χ1) is 10.1. The molecular weight excluding hydrogens is 339 g/mol. The molecule has 1 atom stereocenters. The minimum absolute atomic E-state index is 0.278. The van der Waals surface area contributed by atoms with Crippen LogP contribution in [0.3, 0.4) is 0 Å². The van der Waals surface area contributed by atoms with E-state index in [9.17, 15) is 4.79 Å². The number of rotatable bonds is 10. The summed E-state index contributed by atoms with van der Waals surface area (Å²) in [4.78, 5) is 15.3. The van der Waals surface area contributed by atoms with Gasteiger partial charge in [-0.3, -0.25) is 14.9 Å². The highest BCUT2D eigenvalue weighted by molar-refractivity contribution is 6.40. The van der Waals surface area contributed by atoms with Crippen molar-refractivity contribution in [2.24, 2.45) is 0 Å². The van der Waals surface area contributed by atoms with Crippen molar-refractivity contribution in [3.8, 4) is 5.75 Å². The average Bonchev–Trinajstić information content (AvgIpc) is 2.42. The molecule has 0 aromatic heterocycles. The molecule has 0 aliphatic heterocycles. The van der Waals surface area contributed by atoms with E-state index in [2.05, 4.69) is 10.8 Å². The van der Waals surface area contributed by atoms with Gasteiger partial charge < -0.3 is 4.74 Å². The van der Waals surface area contributed by atoms with E-state index < -0.39 is 0 Å². The summed E-state index contributed by atoms with van der Waals surface area (Å²) in [6.45, 7) is 2.86. The van der Waals surface area contributed by atoms with Gasteiger partial charge in [0.05, 0.1) is 10.0 Å². The maximum absolute atomic E-state index is 10.2. The molecule has 118 valence electrons. The number of benzene rings is 1. The van der Waals surface area contributed by atoms with E-state index in [1.54, 1.807) is 12.1 Å². The van der Waals surface area contributed by atoms with E-state index in [0.717, 1.165) is 12.8 Å². The molecule has 5 nitrogen and oxygen atoms in total. The highest BCUT2D eigenvalue weighted by Gasteiger charge is 2.10. The van der Waals surface area contributed by atoms with Gasteiger partial charge >= 0.3 is 0 Å². The number of halogens is 3. The summed E-state index contributed by atoms with van der Waals surface area (Å²) in [6, 6.07) is 3.13. The lowest BCUT2D eigenvalue weighted by atomic mass is 10.3. The number of amides is 1. The monoisotopic (exact) mass is 354 g/mol. The number of hydroxylamine groups is 1. The van der Waals surface area contributed by atoms with Crippen molar-refractivity contribution < 1.29 is 14.4 Å². The zero-order chi connectivity index (χ0) is 15.7. The SMILES string of the molecule is CCCC(NCCOc1c(Cl)cc(Cl)cc1Cl)ONC=O. The minimum atomic E-state index is -0.278. The normalized spacial score (nSPS) is 12.0. The zero-order valence-corrected chi connectivity index (χ0v) is 13.8. The first-order valence-corrected chi connectivity index (χ1v) is 7.57. The van der Waals surface area contributed by atoms with Crippen LogP contribution < -0.4 is 15.5 Å². The molecule has 0 fully saturated rings. The Hall–Kier alpha value is -0.720. The molecule has 1 unspecified atom stereocenters. The second kappa shape index (κ2) is 10.1. The molecule has 8 heteroatoms. The van der Waals surface area contributed by atoms with Gasteiger partial charge in [-0.1, -0.05) is 48.1 Å². The molecule has 1 aromatic carbocycles. The highest BCUT2D eigenvalue weighted by Crippen LogP contribution is 2.35. The molecule has 2 N–H and O–H groups in total. The van der Waals surface area contributed by atoms with Crippen LogP contribution in [0.15, 0.2) is 12.1 Å². The maximum atomic E-state index is 10.2. The molecule has 0 aliphatic rings. The minimum Gasteiger partial charge on any atom is -0.489 e. The van der Waals surface area contributed by atoms with Gasteiger partial charge in [-0.15, -0.1) is 0 Å². The summed E-state index contributed by atoms with van der Waals surface area (Å²) >= 11 is 17.8. The summed E-state index contributed by atoms with van der Waals surface area (Å²) in [7, 11) is 0. The molecule has 21 heavy (non-hydrogen) atoms. The van der Waals surface area contributed by atoms with E-state index in [0.29, 0.717) is 40.4 Å². The molecular formula is C13H17Cl3N2O3. The van der Waals surface area contributed by atoms with E-state index in [1.165, 1.54) is 0 Å². The van der Waals surface area contributed by atoms with E-state index in [4.69, 9.17) is 44.4 Å². The fraction of sp³-hybridized carbons (Fsp3) is 0.462. The van der Waals surface area contributed by atoms with Gasteiger partial charge in [0, 0.05) is 11.6 Å². The molecule has 0 saturated heterocycles. The first-order valence-electron chi connectivity index (χ1n) is 6.44. The zero-order valence-electron chi connectivity index (χ0n) is 11.5. The third-order valence-corrected chi connectivity index (χ3v) is 3.27. The Morgan fingerprint density at radius 3 is 2.52 bits per heavy atom. The Kier molecular flexibility index (Phi) is 8.80. The Bertz CT molecular complexity index is 437. The fourth-order valence-electron chi connectivity index (χ4n) is 1.61. The summed E-state index contributed by atoms with van der Waals surface area (Å²) < 4.78 is 5.53. The number of ether oxygens (including phenoxy) is 1. The Labute approximate surface area is 138 Å². The largest absolute Gasteiger partial charge is 0.489 e. The summed E-state index contributed by atoms with van der Waals surface area (Å²) in [5.74, 6) is 0.392. The summed E-state index contributed by atoms with van der Waals surface area (Å²) in [5.41, 5.74) is 2.18. The number of hydrogen-bond acceptors (Lipinski definition) is 4. The number of nitrogens with one attached hydrogen (secondary N) is 2. The lowest BCUT2D eigenvalue weighted by Gasteiger charge is -2.17. The van der Waals surface area contributed by atoms with Crippen LogP contribution in [0.1, 0.15) is 19.8 Å². The summed E-state index contributed by atoms with van der Waals surface area (Å²) in [5, 5.41) is 4.26. The van der Waals surface area contributed by atoms with Gasteiger partial charge in [0.1, 0.15) is 12.8 Å². The van der Waals surface area contributed by atoms with Crippen molar-refractivity contribution >= 4 is 41.2 Å². The van der Waals surface area contributed by atoms with Crippen LogP contribution in [-0.4, -0.2) is 25.8 Å². The van der Waals surface area contributed by atoms with Crippen LogP contribution in [0.2, 0.25) is 15.1 Å². The lowest BCUT2D eigenvalue weighted by molar-refractivity contribution is -0.127. The Morgan fingerprint density at radius 2 is 1.95 bits per heavy atom. The molecule has 0 heterocycles. The standard InChI is InChI=1S/C13H17Cl3N2O3/c1-2-3-12(21-18-8-19)17-4-5-20-13-10(15)6-9(14)7-11(13)16/h6-8,12,17H,2-5H2,1H3,(H,18,19). The van der Waals surface area contributed by atoms with Crippen molar-refractivity contribution in [2.75, 3.05) is 13.2 Å². The first kappa shape index (κ1) is 18.3. The predicted octanol–water partition coefficient (Wildman–Crippen LogP) is 3.42. The van der Waals surface area contributed by atoms with Gasteiger partial charge in [0.25, 0.3) is 0 Å². The van der Waals surface area contributed by atoms with Crippen molar-refractivity contribution in [1.82, 2.24) is 10.8 Å². The van der Waals surface area contributed by atoms with Crippen molar-refractivity contribution in [1.29, 1.82) is 0 Å². The van der Waals surface area contributed by atoms with Gasteiger partial charge in [-0.25, -0.2) is 5.48 Å². The van der Waals surface area contributed by atoms with Crippen LogP contribution in [-0.2, 0) is 9.63 Å². The maximum Gasteiger partial charge on any atom is 0.230 e. The van der Waals surface area contributed by atoms with Crippen molar-refractivity contribution in [2.45, 2.75) is 26.0 Å². The molecule has 0 radical (unpaired) electrons. The smallest absolute Gasteiger partial charge is 0.230 e. The number of carbonyl (C=O) groups is 1. The van der Waals surface area contributed by atoms with Crippen molar-refractivity contribution in [3.05, 3.63) is 27.2 Å². The molecule has 0 saturated carbocycles. The van der Waals surface area contributed by atoms with Crippen molar-refractivity contribution in [3.63, 3.8) is 0 Å². The van der Waals surface area contributed by atoms with Crippen LogP contribution in [0.25, 0.3) is 0 Å². The quantitative estimate of drug-likeness (QED) is 0.292. The van der Waals surface area contributed by atoms with Crippen LogP contribution in [0.4, 0.5) is 0 Å². The molecule has 1 rings (SSSR count). The molecule has 1 amide bonds. The Morgan fingerprint density at radius 1 is 1.29 bits per heavy atom. The number of carbonyl (C=O) groups excluding carboxylic acids is 1. The van der Waals surface area contributed by atoms with E-state index >= 15 is 0 Å². The average molecular weight is 356 g/mol. The second-order valence-electron chi connectivity index (χ2n) is 4.13. The fourth-order valence-corrected chi connectivity index (χ4v) is 2.54. The topological polar surface area (TPSA) is 59.6 Å². The molecule has 0 bridgehead atoms. The highest BCUT2D eigenvalue weighted by atomic mass is 35.5. The summed E-state index contributed by atoms with van der Waals surface area (Å²) in [6.07, 6.45) is 1.87. The lowest BCUT2D eigenvalue weighted by Crippen LogP contribution is -2.38. The van der Waals surface area contributed by atoms with E-state index in [-0.39, 0.29) is 6.23 Å². The predicted molar refractivity (Wildman–Crippen MR) is 84.0 cm³/mol. The second-order valence-corrected chi connectivity index (χ2v) is 5.38. The molecule has 1 aromatic rings. The Balaban J connectivity index is 2.40. The van der Waals surface area contributed by atoms with Gasteiger partial charge in [-0.2, -0.15) is 0 Å².